The highest BCUT2D eigenvalue weighted by molar-refractivity contribution is 9.10. The Kier molecular flexibility index (Phi) is 4.29. The number of benzene rings is 1. The summed E-state index contributed by atoms with van der Waals surface area (Å²) >= 11 is 4.66. The normalized spacial score (nSPS) is 15.0. The molecule has 1 aromatic rings. The van der Waals surface area contributed by atoms with Gasteiger partial charge in [-0.1, -0.05) is 27.7 Å². The van der Waals surface area contributed by atoms with E-state index in [0.717, 1.165) is 21.5 Å². The van der Waals surface area contributed by atoms with Crippen molar-refractivity contribution in [1.82, 2.24) is 4.90 Å². The zero-order chi connectivity index (χ0) is 13.1. The van der Waals surface area contributed by atoms with Crippen molar-refractivity contribution in [2.45, 2.75) is 6.92 Å². The summed E-state index contributed by atoms with van der Waals surface area (Å²) in [4.78, 5) is 24.7. The second kappa shape index (κ2) is 5.75. The van der Waals surface area contributed by atoms with Crippen LogP contribution in [0.25, 0.3) is 0 Å². The van der Waals surface area contributed by atoms with Crippen LogP contribution in [-0.2, 0) is 4.79 Å². The van der Waals surface area contributed by atoms with Gasteiger partial charge in [-0.2, -0.15) is 0 Å². The van der Waals surface area contributed by atoms with Gasteiger partial charge in [0.05, 0.1) is 0 Å². The Morgan fingerprint density at radius 3 is 2.94 bits per heavy atom. The van der Waals surface area contributed by atoms with Crippen LogP contribution < -0.4 is 5.32 Å². The first-order valence-electron chi connectivity index (χ1n) is 5.54. The van der Waals surface area contributed by atoms with E-state index in [4.69, 9.17) is 0 Å². The third-order valence-corrected chi connectivity index (χ3v) is 4.40. The van der Waals surface area contributed by atoms with Crippen molar-refractivity contribution >= 4 is 44.5 Å². The molecule has 0 saturated carbocycles. The average molecular weight is 329 g/mol. The number of nitrogens with one attached hydrogen (secondary N) is 1. The van der Waals surface area contributed by atoms with Crippen LogP contribution in [0.1, 0.15) is 5.56 Å². The van der Waals surface area contributed by atoms with Crippen LogP contribution in [0.15, 0.2) is 22.7 Å². The topological polar surface area (TPSA) is 49.4 Å². The van der Waals surface area contributed by atoms with Crippen molar-refractivity contribution < 1.29 is 9.59 Å². The third kappa shape index (κ3) is 3.26. The van der Waals surface area contributed by atoms with Gasteiger partial charge in [-0.05, 0) is 30.7 Å². The number of hydrogen-bond acceptors (Lipinski definition) is 3. The van der Waals surface area contributed by atoms with Gasteiger partial charge in [0.25, 0.3) is 5.24 Å². The highest BCUT2D eigenvalue weighted by Crippen LogP contribution is 2.20. The lowest BCUT2D eigenvalue weighted by Gasteiger charge is -2.14. The van der Waals surface area contributed by atoms with E-state index in [9.17, 15) is 9.59 Å². The fourth-order valence-corrected chi connectivity index (χ4v) is 2.74. The second-order valence-corrected chi connectivity index (χ2v) is 5.95. The number of aryl methyl sites for hydroxylation is 1. The molecule has 1 saturated heterocycles. The first-order chi connectivity index (χ1) is 8.56. The Balaban J connectivity index is 1.94. The van der Waals surface area contributed by atoms with Crippen LogP contribution >= 0.6 is 27.7 Å². The molecule has 4 nitrogen and oxygen atoms in total. The number of nitrogens with zero attached hydrogens (tertiary/aromatic N) is 1. The lowest BCUT2D eigenvalue weighted by atomic mass is 10.2. The first kappa shape index (κ1) is 13.4. The van der Waals surface area contributed by atoms with Crippen molar-refractivity contribution in [3.63, 3.8) is 0 Å². The molecule has 1 aliphatic heterocycles. The summed E-state index contributed by atoms with van der Waals surface area (Å²) in [5.74, 6) is 0.608. The van der Waals surface area contributed by atoms with Gasteiger partial charge in [-0.25, -0.2) is 0 Å². The number of anilines is 1. The lowest BCUT2D eigenvalue weighted by Crippen LogP contribution is -2.33. The van der Waals surface area contributed by atoms with Gasteiger partial charge in [0.2, 0.25) is 5.91 Å². The quantitative estimate of drug-likeness (QED) is 0.928. The molecule has 96 valence electrons. The fraction of sp³-hybridized carbons (Fsp3) is 0.333. The number of carbonyl (C=O) groups is 2. The van der Waals surface area contributed by atoms with Crippen molar-refractivity contribution in [2.24, 2.45) is 0 Å². The van der Waals surface area contributed by atoms with Gasteiger partial charge < -0.3 is 10.2 Å². The molecule has 1 N–H and O–H groups in total. The molecule has 0 aromatic heterocycles. The van der Waals surface area contributed by atoms with E-state index in [1.165, 1.54) is 11.8 Å². The van der Waals surface area contributed by atoms with E-state index in [0.29, 0.717) is 6.54 Å². The van der Waals surface area contributed by atoms with E-state index in [-0.39, 0.29) is 17.7 Å². The molecule has 0 spiro atoms. The number of hydrogen-bond donors (Lipinski definition) is 1. The van der Waals surface area contributed by atoms with Gasteiger partial charge in [0.1, 0.15) is 6.54 Å². The molecular formula is C12H13BrN2O2S. The number of carbonyl (C=O) groups excluding carboxylic acids is 2. The lowest BCUT2D eigenvalue weighted by molar-refractivity contribution is -0.116. The van der Waals surface area contributed by atoms with Gasteiger partial charge in [0.15, 0.2) is 0 Å². The molecule has 18 heavy (non-hydrogen) atoms. The maximum absolute atomic E-state index is 11.8. The molecule has 0 atom stereocenters. The Labute approximate surface area is 118 Å². The Morgan fingerprint density at radius 2 is 2.33 bits per heavy atom. The summed E-state index contributed by atoms with van der Waals surface area (Å²) in [6.07, 6.45) is 0. The summed E-state index contributed by atoms with van der Waals surface area (Å²) in [6.45, 7) is 2.73. The molecule has 1 aliphatic rings. The van der Waals surface area contributed by atoms with Crippen molar-refractivity contribution in [1.29, 1.82) is 0 Å². The highest BCUT2D eigenvalue weighted by Gasteiger charge is 2.23. The summed E-state index contributed by atoms with van der Waals surface area (Å²) in [6, 6.07) is 5.61. The summed E-state index contributed by atoms with van der Waals surface area (Å²) in [5, 5.41) is 2.78. The van der Waals surface area contributed by atoms with E-state index in [1.54, 1.807) is 4.90 Å². The molecule has 0 bridgehead atoms. The average Bonchev–Trinajstić information content (AvgIpc) is 2.70. The Hall–Kier alpha value is -1.01. The van der Waals surface area contributed by atoms with Crippen molar-refractivity contribution in [3.8, 4) is 0 Å². The highest BCUT2D eigenvalue weighted by atomic mass is 79.9. The third-order valence-electron chi connectivity index (χ3n) is 2.62. The maximum atomic E-state index is 11.8. The van der Waals surface area contributed by atoms with E-state index < -0.39 is 0 Å². The van der Waals surface area contributed by atoms with Gasteiger partial charge in [0, 0.05) is 22.5 Å². The molecule has 0 unspecified atom stereocenters. The SMILES string of the molecule is Cc1cc(NC(=O)CN2CCSC2=O)ccc1Br. The predicted molar refractivity (Wildman–Crippen MR) is 76.9 cm³/mol. The summed E-state index contributed by atoms with van der Waals surface area (Å²) in [5.41, 5.74) is 1.81. The fourth-order valence-electron chi connectivity index (χ4n) is 1.67. The minimum atomic E-state index is -0.160. The minimum Gasteiger partial charge on any atom is -0.325 e. The molecule has 0 aliphatic carbocycles. The molecular weight excluding hydrogens is 316 g/mol. The molecule has 0 radical (unpaired) electrons. The number of halogens is 1. The largest absolute Gasteiger partial charge is 0.325 e. The van der Waals surface area contributed by atoms with Crippen LogP contribution in [-0.4, -0.2) is 34.9 Å². The molecule has 1 fully saturated rings. The molecule has 2 amide bonds. The van der Waals surface area contributed by atoms with Gasteiger partial charge in [-0.15, -0.1) is 0 Å². The van der Waals surface area contributed by atoms with E-state index >= 15 is 0 Å². The number of rotatable bonds is 3. The van der Waals surface area contributed by atoms with Crippen LogP contribution in [0.2, 0.25) is 0 Å². The monoisotopic (exact) mass is 328 g/mol. The zero-order valence-electron chi connectivity index (χ0n) is 9.90. The molecule has 6 heteroatoms. The molecule has 1 aromatic carbocycles. The minimum absolute atomic E-state index is 0.0165. The van der Waals surface area contributed by atoms with E-state index in [1.807, 2.05) is 25.1 Å². The Bertz CT molecular complexity index is 493. The van der Waals surface area contributed by atoms with Crippen LogP contribution in [0.4, 0.5) is 10.5 Å². The number of amides is 2. The number of thioether (sulfide) groups is 1. The van der Waals surface area contributed by atoms with Crippen LogP contribution in [0.5, 0.6) is 0 Å². The smallest absolute Gasteiger partial charge is 0.282 e. The second-order valence-electron chi connectivity index (χ2n) is 4.05. The summed E-state index contributed by atoms with van der Waals surface area (Å²) in [7, 11) is 0. The first-order valence-corrected chi connectivity index (χ1v) is 7.32. The Morgan fingerprint density at radius 1 is 1.56 bits per heavy atom. The zero-order valence-corrected chi connectivity index (χ0v) is 12.3. The molecule has 2 rings (SSSR count). The van der Waals surface area contributed by atoms with Crippen LogP contribution in [0, 0.1) is 6.92 Å². The standard InChI is InChI=1S/C12H13BrN2O2S/c1-8-6-9(2-3-10(8)13)14-11(16)7-15-4-5-18-12(15)17/h2-3,6H,4-5,7H2,1H3,(H,14,16). The maximum Gasteiger partial charge on any atom is 0.282 e. The van der Waals surface area contributed by atoms with Crippen LogP contribution in [0.3, 0.4) is 0 Å². The molecule has 1 heterocycles. The predicted octanol–water partition coefficient (Wildman–Crippen LogP) is 2.86. The van der Waals surface area contributed by atoms with E-state index in [2.05, 4.69) is 21.2 Å². The summed E-state index contributed by atoms with van der Waals surface area (Å²) < 4.78 is 1.01. The van der Waals surface area contributed by atoms with Gasteiger partial charge >= 0.3 is 0 Å². The van der Waals surface area contributed by atoms with Crippen molar-refractivity contribution in [3.05, 3.63) is 28.2 Å². The van der Waals surface area contributed by atoms with Crippen molar-refractivity contribution in [2.75, 3.05) is 24.2 Å². The van der Waals surface area contributed by atoms with Gasteiger partial charge in [-0.3, -0.25) is 9.59 Å².